The fourth-order valence-electron chi connectivity index (χ4n) is 2.75. The average Bonchev–Trinajstić information content (AvgIpc) is 2.68. The first-order chi connectivity index (χ1) is 13.3. The highest BCUT2D eigenvalue weighted by Crippen LogP contribution is 2.31. The molecule has 1 atom stereocenters. The van der Waals surface area contributed by atoms with E-state index in [1.54, 1.807) is 36.7 Å². The fourth-order valence-corrected chi connectivity index (χ4v) is 2.75. The van der Waals surface area contributed by atoms with Crippen molar-refractivity contribution in [3.63, 3.8) is 0 Å². The minimum absolute atomic E-state index is 0.0804. The quantitative estimate of drug-likeness (QED) is 0.608. The van der Waals surface area contributed by atoms with E-state index in [1.165, 1.54) is 12.1 Å². The number of amides is 1. The molecule has 3 aromatic rings. The van der Waals surface area contributed by atoms with Crippen LogP contribution in [0.1, 0.15) is 34.5 Å². The Morgan fingerprint density at radius 1 is 1.00 bits per heavy atom. The van der Waals surface area contributed by atoms with Gasteiger partial charge in [-0.2, -0.15) is 13.2 Å². The summed E-state index contributed by atoms with van der Waals surface area (Å²) in [7, 11) is 0. The summed E-state index contributed by atoms with van der Waals surface area (Å²) in [5.41, 5.74) is 1.17. The highest BCUT2D eigenvalue weighted by Gasteiger charge is 2.30. The Bertz CT molecular complexity index is 958. The van der Waals surface area contributed by atoms with Crippen molar-refractivity contribution in [2.75, 3.05) is 10.6 Å². The molecule has 0 radical (unpaired) electrons. The van der Waals surface area contributed by atoms with Crippen LogP contribution in [-0.2, 0) is 6.18 Å². The number of benzene rings is 2. The average molecular weight is 385 g/mol. The van der Waals surface area contributed by atoms with Crippen molar-refractivity contribution in [2.24, 2.45) is 0 Å². The Hall–Kier alpha value is -3.35. The van der Waals surface area contributed by atoms with Gasteiger partial charge in [-0.05, 0) is 55.0 Å². The number of anilines is 2. The molecule has 2 aromatic carbocycles. The first kappa shape index (κ1) is 19.4. The van der Waals surface area contributed by atoms with E-state index in [1.807, 2.05) is 19.1 Å². The van der Waals surface area contributed by atoms with E-state index in [4.69, 9.17) is 0 Å². The van der Waals surface area contributed by atoms with Gasteiger partial charge in [0.25, 0.3) is 5.91 Å². The highest BCUT2D eigenvalue weighted by molar-refractivity contribution is 6.08. The number of hydrogen-bond donors (Lipinski definition) is 2. The van der Waals surface area contributed by atoms with Crippen molar-refractivity contribution in [1.82, 2.24) is 4.98 Å². The van der Waals surface area contributed by atoms with Gasteiger partial charge in [0.1, 0.15) is 0 Å². The number of hydrogen-bond acceptors (Lipinski definition) is 3. The normalized spacial score (nSPS) is 12.3. The van der Waals surface area contributed by atoms with Gasteiger partial charge in [-0.25, -0.2) is 0 Å². The maximum absolute atomic E-state index is 12.9. The molecule has 0 saturated heterocycles. The van der Waals surface area contributed by atoms with Crippen molar-refractivity contribution >= 4 is 17.3 Å². The third-order valence-electron chi connectivity index (χ3n) is 4.20. The molecule has 0 aliphatic carbocycles. The SMILES string of the molecule is CC(Nc1ccccc1C(=O)Nc1cccc(C(F)(F)F)c1)c1ccncc1. The van der Waals surface area contributed by atoms with Gasteiger partial charge in [0.15, 0.2) is 0 Å². The van der Waals surface area contributed by atoms with Crippen LogP contribution in [0.4, 0.5) is 24.5 Å². The molecule has 28 heavy (non-hydrogen) atoms. The van der Waals surface area contributed by atoms with Crippen LogP contribution in [0.25, 0.3) is 0 Å². The smallest absolute Gasteiger partial charge is 0.378 e. The van der Waals surface area contributed by atoms with Crippen LogP contribution in [0.5, 0.6) is 0 Å². The largest absolute Gasteiger partial charge is 0.416 e. The van der Waals surface area contributed by atoms with Crippen LogP contribution in [0.2, 0.25) is 0 Å². The van der Waals surface area contributed by atoms with E-state index in [0.717, 1.165) is 17.7 Å². The predicted molar refractivity (Wildman–Crippen MR) is 102 cm³/mol. The van der Waals surface area contributed by atoms with Crippen LogP contribution in [0.3, 0.4) is 0 Å². The Morgan fingerprint density at radius 3 is 2.43 bits per heavy atom. The van der Waals surface area contributed by atoms with Crippen molar-refractivity contribution in [3.8, 4) is 0 Å². The summed E-state index contributed by atoms with van der Waals surface area (Å²) in [6.07, 6.45) is -1.11. The minimum atomic E-state index is -4.47. The number of rotatable bonds is 5. The van der Waals surface area contributed by atoms with Gasteiger partial charge in [0.05, 0.1) is 11.1 Å². The van der Waals surface area contributed by atoms with Gasteiger partial charge in [-0.1, -0.05) is 18.2 Å². The number of halogens is 3. The van der Waals surface area contributed by atoms with Gasteiger partial charge in [0, 0.05) is 29.8 Å². The summed E-state index contributed by atoms with van der Waals surface area (Å²) in [5, 5.41) is 5.80. The fraction of sp³-hybridized carbons (Fsp3) is 0.143. The van der Waals surface area contributed by atoms with Crippen LogP contribution >= 0.6 is 0 Å². The molecule has 0 saturated carbocycles. The Labute approximate surface area is 160 Å². The molecule has 0 fully saturated rings. The molecule has 1 heterocycles. The van der Waals surface area contributed by atoms with Crippen LogP contribution in [0.15, 0.2) is 73.1 Å². The lowest BCUT2D eigenvalue weighted by atomic mass is 10.1. The standard InChI is InChI=1S/C21H18F3N3O/c1-14(15-9-11-25-12-10-15)26-19-8-3-2-7-18(19)20(28)27-17-6-4-5-16(13-17)21(22,23)24/h2-14,26H,1H3,(H,27,28). The van der Waals surface area contributed by atoms with E-state index in [-0.39, 0.29) is 11.7 Å². The molecule has 0 aliphatic heterocycles. The summed E-state index contributed by atoms with van der Waals surface area (Å²) in [6, 6.07) is 15.0. The number of nitrogens with one attached hydrogen (secondary N) is 2. The lowest BCUT2D eigenvalue weighted by Crippen LogP contribution is -2.16. The van der Waals surface area contributed by atoms with Gasteiger partial charge in [-0.3, -0.25) is 9.78 Å². The Kier molecular flexibility index (Phi) is 5.63. The molecule has 4 nitrogen and oxygen atoms in total. The first-order valence-electron chi connectivity index (χ1n) is 8.58. The van der Waals surface area contributed by atoms with Crippen LogP contribution < -0.4 is 10.6 Å². The van der Waals surface area contributed by atoms with Gasteiger partial charge in [0.2, 0.25) is 0 Å². The molecule has 144 valence electrons. The maximum atomic E-state index is 12.9. The minimum Gasteiger partial charge on any atom is -0.378 e. The van der Waals surface area contributed by atoms with E-state index < -0.39 is 17.6 Å². The summed E-state index contributed by atoms with van der Waals surface area (Å²) < 4.78 is 38.6. The molecule has 0 aliphatic rings. The second kappa shape index (κ2) is 8.12. The van der Waals surface area contributed by atoms with Crippen molar-refractivity contribution in [3.05, 3.63) is 89.7 Å². The summed E-state index contributed by atoms with van der Waals surface area (Å²) >= 11 is 0. The molecule has 1 unspecified atom stereocenters. The number of nitrogens with zero attached hydrogens (tertiary/aromatic N) is 1. The van der Waals surface area contributed by atoms with Crippen LogP contribution in [0, 0.1) is 0 Å². The van der Waals surface area contributed by atoms with Gasteiger partial charge in [-0.15, -0.1) is 0 Å². The number of para-hydroxylation sites is 1. The third kappa shape index (κ3) is 4.68. The van der Waals surface area contributed by atoms with E-state index >= 15 is 0 Å². The third-order valence-corrected chi connectivity index (χ3v) is 4.20. The van der Waals surface area contributed by atoms with E-state index in [0.29, 0.717) is 11.3 Å². The summed E-state index contributed by atoms with van der Waals surface area (Å²) in [6.45, 7) is 1.94. The second-order valence-corrected chi connectivity index (χ2v) is 6.22. The molecule has 1 amide bonds. The van der Waals surface area contributed by atoms with E-state index in [2.05, 4.69) is 15.6 Å². The Morgan fingerprint density at radius 2 is 1.71 bits per heavy atom. The van der Waals surface area contributed by atoms with Crippen molar-refractivity contribution < 1.29 is 18.0 Å². The van der Waals surface area contributed by atoms with Gasteiger partial charge >= 0.3 is 6.18 Å². The molecular formula is C21H18F3N3O. The lowest BCUT2D eigenvalue weighted by molar-refractivity contribution is -0.137. The molecule has 0 spiro atoms. The first-order valence-corrected chi connectivity index (χ1v) is 8.58. The summed E-state index contributed by atoms with van der Waals surface area (Å²) in [5.74, 6) is -0.496. The maximum Gasteiger partial charge on any atom is 0.416 e. The Balaban J connectivity index is 1.80. The number of pyridine rings is 1. The molecule has 3 rings (SSSR count). The number of carbonyl (C=O) groups excluding carboxylic acids is 1. The number of carbonyl (C=O) groups is 1. The van der Waals surface area contributed by atoms with Crippen molar-refractivity contribution in [2.45, 2.75) is 19.1 Å². The summed E-state index contributed by atoms with van der Waals surface area (Å²) in [4.78, 5) is 16.7. The molecule has 2 N–H and O–H groups in total. The lowest BCUT2D eigenvalue weighted by Gasteiger charge is -2.18. The highest BCUT2D eigenvalue weighted by atomic mass is 19.4. The zero-order valence-corrected chi connectivity index (χ0v) is 15.0. The van der Waals surface area contributed by atoms with Crippen LogP contribution in [-0.4, -0.2) is 10.9 Å². The topological polar surface area (TPSA) is 54.0 Å². The zero-order chi connectivity index (χ0) is 20.1. The number of aromatic nitrogens is 1. The molecule has 7 heteroatoms. The number of alkyl halides is 3. The predicted octanol–water partition coefficient (Wildman–Crippen LogP) is 5.53. The zero-order valence-electron chi connectivity index (χ0n) is 15.0. The van der Waals surface area contributed by atoms with Crippen molar-refractivity contribution in [1.29, 1.82) is 0 Å². The molecular weight excluding hydrogens is 367 g/mol. The second-order valence-electron chi connectivity index (χ2n) is 6.22. The molecule has 0 bridgehead atoms. The van der Waals surface area contributed by atoms with E-state index in [9.17, 15) is 18.0 Å². The molecule has 1 aromatic heterocycles. The monoisotopic (exact) mass is 385 g/mol. The van der Waals surface area contributed by atoms with Gasteiger partial charge < -0.3 is 10.6 Å².